The van der Waals surface area contributed by atoms with Gasteiger partial charge in [-0.05, 0) is 24.3 Å². The Balaban J connectivity index is 1.64. The Hall–Kier alpha value is -1.62. The molecule has 0 unspecified atom stereocenters. The van der Waals surface area contributed by atoms with Crippen molar-refractivity contribution in [2.75, 3.05) is 0 Å². The lowest BCUT2D eigenvalue weighted by Gasteiger charge is -1.95. The van der Waals surface area contributed by atoms with E-state index >= 15 is 0 Å². The number of ketones is 1. The van der Waals surface area contributed by atoms with Gasteiger partial charge < -0.3 is 4.52 Å². The highest BCUT2D eigenvalue weighted by atomic mass is 35.5. The molecule has 0 aliphatic carbocycles. The van der Waals surface area contributed by atoms with Gasteiger partial charge in [-0.25, -0.2) is 0 Å². The Morgan fingerprint density at radius 3 is 2.59 bits per heavy atom. The lowest BCUT2D eigenvalue weighted by atomic mass is 10.1. The molecule has 0 saturated carbocycles. The summed E-state index contributed by atoms with van der Waals surface area (Å²) in [6.45, 7) is 0. The molecule has 22 heavy (non-hydrogen) atoms. The number of nitrogens with zero attached hydrogens (tertiary/aromatic N) is 1. The first kappa shape index (κ1) is 15.3. The fourth-order valence-corrected chi connectivity index (χ4v) is 3.15. The molecule has 2 heterocycles. The van der Waals surface area contributed by atoms with E-state index in [2.05, 4.69) is 5.16 Å². The highest BCUT2D eigenvalue weighted by Crippen LogP contribution is 2.24. The first-order valence-corrected chi connectivity index (χ1v) is 8.19. The maximum absolute atomic E-state index is 12.0. The van der Waals surface area contributed by atoms with Crippen molar-refractivity contribution in [3.63, 3.8) is 0 Å². The summed E-state index contributed by atoms with van der Waals surface area (Å²) in [5.41, 5.74) is 1.66. The van der Waals surface area contributed by atoms with Crippen LogP contribution < -0.4 is 0 Å². The molecule has 2 aromatic heterocycles. The number of aromatic nitrogens is 1. The van der Waals surface area contributed by atoms with Gasteiger partial charge in [-0.15, -0.1) is 11.3 Å². The minimum absolute atomic E-state index is 0.0568. The van der Waals surface area contributed by atoms with Crippen LogP contribution in [0, 0.1) is 0 Å². The van der Waals surface area contributed by atoms with Gasteiger partial charge >= 0.3 is 0 Å². The van der Waals surface area contributed by atoms with E-state index < -0.39 is 0 Å². The van der Waals surface area contributed by atoms with Crippen molar-refractivity contribution in [1.82, 2.24) is 5.16 Å². The van der Waals surface area contributed by atoms with Crippen molar-refractivity contribution in [1.29, 1.82) is 0 Å². The first-order valence-electron chi connectivity index (χ1n) is 6.62. The minimum atomic E-state index is 0.0568. The highest BCUT2D eigenvalue weighted by Gasteiger charge is 2.12. The van der Waals surface area contributed by atoms with Crippen LogP contribution in [-0.2, 0) is 6.42 Å². The van der Waals surface area contributed by atoms with E-state index in [9.17, 15) is 4.79 Å². The van der Waals surface area contributed by atoms with Crippen LogP contribution in [0.15, 0.2) is 47.0 Å². The van der Waals surface area contributed by atoms with Gasteiger partial charge in [0.25, 0.3) is 0 Å². The van der Waals surface area contributed by atoms with Gasteiger partial charge in [0, 0.05) is 29.5 Å². The number of rotatable bonds is 5. The molecule has 0 atom stereocenters. The zero-order chi connectivity index (χ0) is 15.5. The Morgan fingerprint density at radius 1 is 1.14 bits per heavy atom. The van der Waals surface area contributed by atoms with Crippen molar-refractivity contribution in [3.8, 4) is 11.3 Å². The summed E-state index contributed by atoms with van der Waals surface area (Å²) >= 11 is 13.0. The molecular weight excluding hydrogens is 341 g/mol. The monoisotopic (exact) mass is 351 g/mol. The van der Waals surface area contributed by atoms with E-state index in [1.54, 1.807) is 24.3 Å². The van der Waals surface area contributed by atoms with Crippen molar-refractivity contribution in [2.45, 2.75) is 12.8 Å². The number of aryl methyl sites for hydroxylation is 1. The van der Waals surface area contributed by atoms with Crippen LogP contribution in [0.4, 0.5) is 0 Å². The van der Waals surface area contributed by atoms with Gasteiger partial charge in [0.2, 0.25) is 0 Å². The molecule has 0 N–H and O–H groups in total. The Labute approximate surface area is 141 Å². The third-order valence-electron chi connectivity index (χ3n) is 3.15. The molecule has 3 aromatic rings. The van der Waals surface area contributed by atoms with Gasteiger partial charge in [0.05, 0.1) is 9.21 Å². The van der Waals surface area contributed by atoms with E-state index in [1.807, 2.05) is 18.2 Å². The zero-order valence-electron chi connectivity index (χ0n) is 11.4. The quantitative estimate of drug-likeness (QED) is 0.568. The normalized spacial score (nSPS) is 10.8. The van der Waals surface area contributed by atoms with Crippen LogP contribution in [0.2, 0.25) is 9.36 Å². The van der Waals surface area contributed by atoms with Crippen LogP contribution >= 0.6 is 34.5 Å². The maximum Gasteiger partial charge on any atom is 0.173 e. The van der Waals surface area contributed by atoms with E-state index in [4.69, 9.17) is 27.7 Å². The molecule has 0 amide bonds. The smallest absolute Gasteiger partial charge is 0.173 e. The summed E-state index contributed by atoms with van der Waals surface area (Å²) in [6.07, 6.45) is 0.876. The number of Topliss-reactive ketones (excluding diaryl/α,β-unsaturated/α-hetero) is 1. The van der Waals surface area contributed by atoms with Crippen LogP contribution in [0.1, 0.15) is 21.9 Å². The predicted molar refractivity (Wildman–Crippen MR) is 88.9 cm³/mol. The third-order valence-corrected chi connectivity index (χ3v) is 4.67. The minimum Gasteiger partial charge on any atom is -0.361 e. The maximum atomic E-state index is 12.0. The third kappa shape index (κ3) is 3.58. The number of thiophene rings is 1. The van der Waals surface area contributed by atoms with Gasteiger partial charge in [-0.3, -0.25) is 4.79 Å². The van der Waals surface area contributed by atoms with Gasteiger partial charge in [0.1, 0.15) is 11.5 Å². The van der Waals surface area contributed by atoms with E-state index in [-0.39, 0.29) is 5.78 Å². The fourth-order valence-electron chi connectivity index (χ4n) is 2.01. The molecular formula is C16H11Cl2NO2S. The Bertz CT molecular complexity index is 793. The number of benzene rings is 1. The zero-order valence-corrected chi connectivity index (χ0v) is 13.7. The molecule has 0 bridgehead atoms. The van der Waals surface area contributed by atoms with Crippen LogP contribution in [0.3, 0.4) is 0 Å². The van der Waals surface area contributed by atoms with Crippen LogP contribution in [0.5, 0.6) is 0 Å². The highest BCUT2D eigenvalue weighted by molar-refractivity contribution is 7.18. The van der Waals surface area contributed by atoms with Gasteiger partial charge in [-0.2, -0.15) is 0 Å². The number of halogens is 2. The molecule has 6 heteroatoms. The Kier molecular flexibility index (Phi) is 4.62. The molecule has 0 fully saturated rings. The van der Waals surface area contributed by atoms with Gasteiger partial charge in [-0.1, -0.05) is 40.5 Å². The summed E-state index contributed by atoms with van der Waals surface area (Å²) in [5.74, 6) is 0.738. The summed E-state index contributed by atoms with van der Waals surface area (Å²) in [4.78, 5) is 12.7. The molecule has 0 aliphatic heterocycles. The summed E-state index contributed by atoms with van der Waals surface area (Å²) < 4.78 is 5.90. The second kappa shape index (κ2) is 6.65. The average Bonchev–Trinajstić information content (AvgIpc) is 3.15. The molecule has 3 nitrogen and oxygen atoms in total. The van der Waals surface area contributed by atoms with Crippen molar-refractivity contribution < 1.29 is 9.32 Å². The predicted octanol–water partition coefficient (Wildman–Crippen LogP) is 5.53. The van der Waals surface area contributed by atoms with Crippen molar-refractivity contribution in [3.05, 3.63) is 62.5 Å². The second-order valence-corrected chi connectivity index (χ2v) is 6.86. The molecule has 0 radical (unpaired) electrons. The van der Waals surface area contributed by atoms with E-state index in [0.717, 1.165) is 11.3 Å². The molecule has 0 aliphatic rings. The fraction of sp³-hybridized carbons (Fsp3) is 0.125. The van der Waals surface area contributed by atoms with E-state index in [0.29, 0.717) is 32.8 Å². The Morgan fingerprint density at radius 2 is 1.91 bits per heavy atom. The number of carbonyl (C=O) groups is 1. The topological polar surface area (TPSA) is 43.1 Å². The van der Waals surface area contributed by atoms with E-state index in [1.165, 1.54) is 11.3 Å². The summed E-state index contributed by atoms with van der Waals surface area (Å²) in [6, 6.07) is 12.7. The SMILES string of the molecule is O=C(CCc1cc(-c2ccc(Cl)cc2)no1)c1ccc(Cl)s1. The lowest BCUT2D eigenvalue weighted by Crippen LogP contribution is -1.97. The molecule has 0 saturated heterocycles. The molecule has 3 rings (SSSR count). The lowest BCUT2D eigenvalue weighted by molar-refractivity contribution is 0.0984. The molecule has 112 valence electrons. The largest absolute Gasteiger partial charge is 0.361 e. The standard InChI is InChI=1S/C16H11Cl2NO2S/c17-11-3-1-10(2-4-11)13-9-12(21-19-13)5-6-14(20)15-7-8-16(18)22-15/h1-4,7-9H,5-6H2. The summed E-state index contributed by atoms with van der Waals surface area (Å²) in [5, 5.41) is 4.70. The first-order chi connectivity index (χ1) is 10.6. The van der Waals surface area contributed by atoms with Gasteiger partial charge in [0.15, 0.2) is 5.78 Å². The summed E-state index contributed by atoms with van der Waals surface area (Å²) in [7, 11) is 0. The molecule has 0 spiro atoms. The number of carbonyl (C=O) groups excluding carboxylic acids is 1. The van der Waals surface area contributed by atoms with Crippen molar-refractivity contribution >= 4 is 40.3 Å². The van der Waals surface area contributed by atoms with Crippen LogP contribution in [0.25, 0.3) is 11.3 Å². The van der Waals surface area contributed by atoms with Crippen molar-refractivity contribution in [2.24, 2.45) is 0 Å². The van der Waals surface area contributed by atoms with Crippen LogP contribution in [-0.4, -0.2) is 10.9 Å². The number of hydrogen-bond donors (Lipinski definition) is 0. The molecule has 1 aromatic carbocycles. The average molecular weight is 352 g/mol. The number of hydrogen-bond acceptors (Lipinski definition) is 4. The second-order valence-electron chi connectivity index (χ2n) is 4.71.